The lowest BCUT2D eigenvalue weighted by molar-refractivity contribution is -0.117. The molecule has 0 spiro atoms. The van der Waals surface area contributed by atoms with Gasteiger partial charge >= 0.3 is 0 Å². The van der Waals surface area contributed by atoms with Gasteiger partial charge in [-0.1, -0.05) is 18.2 Å². The van der Waals surface area contributed by atoms with E-state index in [-0.39, 0.29) is 11.7 Å². The molecule has 2 N–H and O–H groups in total. The van der Waals surface area contributed by atoms with Crippen molar-refractivity contribution in [1.29, 1.82) is 0 Å². The Hall–Kier alpha value is -2.10. The van der Waals surface area contributed by atoms with Gasteiger partial charge in [-0.25, -0.2) is 0 Å². The second kappa shape index (κ2) is 5.04. The van der Waals surface area contributed by atoms with E-state index in [4.69, 9.17) is 0 Å². The first-order chi connectivity index (χ1) is 8.58. The first-order valence-corrected chi connectivity index (χ1v) is 5.94. The fraction of sp³-hybridized carbons (Fsp3) is 0.286. The number of para-hydroxylation sites is 1. The summed E-state index contributed by atoms with van der Waals surface area (Å²) in [5.41, 5.74) is 3.16. The van der Waals surface area contributed by atoms with Crippen LogP contribution in [0.2, 0.25) is 0 Å². The lowest BCUT2D eigenvalue weighted by atomic mass is 10.1. The minimum atomic E-state index is -0.263. The molecule has 94 valence electrons. The Morgan fingerprint density at radius 1 is 1.28 bits per heavy atom. The van der Waals surface area contributed by atoms with Gasteiger partial charge in [0.2, 0.25) is 0 Å². The molecule has 4 nitrogen and oxygen atoms in total. The Morgan fingerprint density at radius 3 is 2.56 bits per heavy atom. The molecule has 0 saturated heterocycles. The molecule has 1 aliphatic heterocycles. The Morgan fingerprint density at radius 2 is 1.94 bits per heavy atom. The van der Waals surface area contributed by atoms with Crippen LogP contribution in [0.4, 0.5) is 5.69 Å². The van der Waals surface area contributed by atoms with Crippen molar-refractivity contribution in [2.45, 2.75) is 20.3 Å². The summed E-state index contributed by atoms with van der Waals surface area (Å²) in [6.45, 7) is 4.40. The van der Waals surface area contributed by atoms with Crippen molar-refractivity contribution < 1.29 is 9.59 Å². The monoisotopic (exact) mass is 244 g/mol. The average Bonchev–Trinajstić information content (AvgIpc) is 2.34. The number of anilines is 1. The highest BCUT2D eigenvalue weighted by Gasteiger charge is 2.16. The summed E-state index contributed by atoms with van der Waals surface area (Å²) in [6.07, 6.45) is 1.81. The zero-order valence-corrected chi connectivity index (χ0v) is 10.5. The fourth-order valence-electron chi connectivity index (χ4n) is 1.94. The number of carbonyl (C=O) groups is 2. The van der Waals surface area contributed by atoms with Gasteiger partial charge in [0.1, 0.15) is 5.70 Å². The summed E-state index contributed by atoms with van der Waals surface area (Å²) in [6, 6.07) is 5.83. The Labute approximate surface area is 106 Å². The second-order valence-electron chi connectivity index (χ2n) is 4.42. The maximum absolute atomic E-state index is 12.0. The van der Waals surface area contributed by atoms with Gasteiger partial charge in [-0.05, 0) is 25.0 Å². The van der Waals surface area contributed by atoms with Gasteiger partial charge in [0.15, 0.2) is 5.78 Å². The van der Waals surface area contributed by atoms with Crippen molar-refractivity contribution in [3.8, 4) is 0 Å². The van der Waals surface area contributed by atoms with E-state index < -0.39 is 0 Å². The third-order valence-electron chi connectivity index (χ3n) is 2.96. The molecule has 0 aliphatic carbocycles. The average molecular weight is 244 g/mol. The van der Waals surface area contributed by atoms with Crippen molar-refractivity contribution in [2.75, 3.05) is 11.9 Å². The van der Waals surface area contributed by atoms with Crippen LogP contribution in [0, 0.1) is 13.8 Å². The molecule has 4 heteroatoms. The molecule has 1 aromatic rings. The number of aryl methyl sites for hydroxylation is 2. The van der Waals surface area contributed by atoms with Crippen LogP contribution in [0.25, 0.3) is 0 Å². The SMILES string of the molecule is Cc1cccc(C)c1NC(=O)C1=CC(=O)CCN1. The number of ketones is 1. The second-order valence-corrected chi connectivity index (χ2v) is 4.42. The number of allylic oxidation sites excluding steroid dienone is 1. The molecule has 0 fully saturated rings. The molecule has 1 heterocycles. The van der Waals surface area contributed by atoms with Crippen LogP contribution in [0.15, 0.2) is 30.0 Å². The molecule has 1 amide bonds. The molecule has 2 rings (SSSR count). The van der Waals surface area contributed by atoms with Crippen molar-refractivity contribution in [1.82, 2.24) is 5.32 Å². The molecule has 18 heavy (non-hydrogen) atoms. The fourth-order valence-corrected chi connectivity index (χ4v) is 1.94. The highest BCUT2D eigenvalue weighted by Crippen LogP contribution is 2.20. The number of hydrogen-bond acceptors (Lipinski definition) is 3. The van der Waals surface area contributed by atoms with Gasteiger partial charge in [-0.2, -0.15) is 0 Å². The Bertz CT molecular complexity index is 512. The number of hydrogen-bond donors (Lipinski definition) is 2. The smallest absolute Gasteiger partial charge is 0.271 e. The first-order valence-electron chi connectivity index (χ1n) is 5.94. The first kappa shape index (κ1) is 12.4. The van der Waals surface area contributed by atoms with E-state index in [0.29, 0.717) is 18.7 Å². The van der Waals surface area contributed by atoms with Crippen molar-refractivity contribution in [3.63, 3.8) is 0 Å². The maximum Gasteiger partial charge on any atom is 0.271 e. The molecule has 0 saturated carbocycles. The van der Waals surface area contributed by atoms with Crippen molar-refractivity contribution in [2.24, 2.45) is 0 Å². The van der Waals surface area contributed by atoms with Gasteiger partial charge in [0.25, 0.3) is 5.91 Å². The highest BCUT2D eigenvalue weighted by molar-refractivity contribution is 6.08. The van der Waals surface area contributed by atoms with E-state index in [1.807, 2.05) is 32.0 Å². The number of rotatable bonds is 2. The number of carbonyl (C=O) groups excluding carboxylic acids is 2. The van der Waals surface area contributed by atoms with E-state index in [2.05, 4.69) is 10.6 Å². The van der Waals surface area contributed by atoms with Crippen LogP contribution in [-0.4, -0.2) is 18.2 Å². The van der Waals surface area contributed by atoms with E-state index >= 15 is 0 Å². The minimum absolute atomic E-state index is 0.0135. The van der Waals surface area contributed by atoms with E-state index in [9.17, 15) is 9.59 Å². The lowest BCUT2D eigenvalue weighted by Gasteiger charge is -2.16. The molecule has 0 atom stereocenters. The topological polar surface area (TPSA) is 58.2 Å². The predicted molar refractivity (Wildman–Crippen MR) is 70.3 cm³/mol. The predicted octanol–water partition coefficient (Wildman–Crippen LogP) is 1.69. The van der Waals surface area contributed by atoms with E-state index in [1.54, 1.807) is 0 Å². The largest absolute Gasteiger partial charge is 0.380 e. The molecule has 0 aromatic heterocycles. The van der Waals surface area contributed by atoms with Crippen LogP contribution >= 0.6 is 0 Å². The minimum Gasteiger partial charge on any atom is -0.380 e. The maximum atomic E-state index is 12.0. The third-order valence-corrected chi connectivity index (χ3v) is 2.96. The Kier molecular flexibility index (Phi) is 3.46. The molecular weight excluding hydrogens is 228 g/mol. The molecule has 0 unspecified atom stereocenters. The summed E-state index contributed by atoms with van der Waals surface area (Å²) >= 11 is 0. The van der Waals surface area contributed by atoms with E-state index in [1.165, 1.54) is 6.08 Å². The van der Waals surface area contributed by atoms with Gasteiger partial charge in [0, 0.05) is 24.7 Å². The van der Waals surface area contributed by atoms with Crippen LogP contribution in [0.5, 0.6) is 0 Å². The molecular formula is C14H16N2O2. The molecule has 1 aliphatic rings. The van der Waals surface area contributed by atoms with Gasteiger partial charge < -0.3 is 10.6 Å². The highest BCUT2D eigenvalue weighted by atomic mass is 16.2. The van der Waals surface area contributed by atoms with Crippen LogP contribution in [-0.2, 0) is 9.59 Å². The van der Waals surface area contributed by atoms with Crippen LogP contribution < -0.4 is 10.6 Å². The van der Waals surface area contributed by atoms with Crippen molar-refractivity contribution in [3.05, 3.63) is 41.1 Å². The summed E-state index contributed by atoms with van der Waals surface area (Å²) in [4.78, 5) is 23.3. The van der Waals surface area contributed by atoms with E-state index in [0.717, 1.165) is 16.8 Å². The van der Waals surface area contributed by atoms with Gasteiger partial charge in [0.05, 0.1) is 0 Å². The number of benzene rings is 1. The molecule has 0 radical (unpaired) electrons. The third kappa shape index (κ3) is 2.59. The summed E-state index contributed by atoms with van der Waals surface area (Å²) in [5.74, 6) is -0.277. The van der Waals surface area contributed by atoms with Crippen LogP contribution in [0.3, 0.4) is 0 Å². The van der Waals surface area contributed by atoms with Crippen LogP contribution in [0.1, 0.15) is 17.5 Å². The van der Waals surface area contributed by atoms with Gasteiger partial charge in [-0.3, -0.25) is 9.59 Å². The lowest BCUT2D eigenvalue weighted by Crippen LogP contribution is -2.31. The normalized spacial score (nSPS) is 14.8. The summed E-state index contributed by atoms with van der Waals surface area (Å²) in [5, 5.41) is 5.78. The standard InChI is InChI=1S/C14H16N2O2/c1-9-4-3-5-10(2)13(9)16-14(18)12-8-11(17)6-7-15-12/h3-5,8,15H,6-7H2,1-2H3,(H,16,18). The number of nitrogens with one attached hydrogen (secondary N) is 2. The zero-order chi connectivity index (χ0) is 13.1. The zero-order valence-electron chi connectivity index (χ0n) is 10.5. The van der Waals surface area contributed by atoms with Gasteiger partial charge in [-0.15, -0.1) is 0 Å². The molecule has 0 bridgehead atoms. The summed E-state index contributed by atoms with van der Waals surface area (Å²) < 4.78 is 0. The summed E-state index contributed by atoms with van der Waals surface area (Å²) in [7, 11) is 0. The van der Waals surface area contributed by atoms with Crippen molar-refractivity contribution >= 4 is 17.4 Å². The number of amides is 1. The Balaban J connectivity index is 2.19. The quantitative estimate of drug-likeness (QED) is 0.832. The molecule has 1 aromatic carbocycles.